The average Bonchev–Trinajstić information content (AvgIpc) is 2.54. The molecule has 1 saturated carbocycles. The lowest BCUT2D eigenvalue weighted by Crippen LogP contribution is -2.42. The van der Waals surface area contributed by atoms with Crippen LogP contribution in [0.25, 0.3) is 0 Å². The molecule has 0 unspecified atom stereocenters. The molecule has 26 heavy (non-hydrogen) atoms. The van der Waals surface area contributed by atoms with Crippen molar-refractivity contribution in [2.75, 3.05) is 5.32 Å². The summed E-state index contributed by atoms with van der Waals surface area (Å²) in [5, 5.41) is 2.00. The van der Waals surface area contributed by atoms with E-state index in [0.29, 0.717) is 25.7 Å². The van der Waals surface area contributed by atoms with Crippen LogP contribution in [0.5, 0.6) is 0 Å². The van der Waals surface area contributed by atoms with Crippen LogP contribution in [-0.4, -0.2) is 25.6 Å². The molecule has 0 heterocycles. The van der Waals surface area contributed by atoms with Crippen molar-refractivity contribution in [1.82, 2.24) is 4.72 Å². The predicted molar refractivity (Wildman–Crippen MR) is 93.0 cm³/mol. The first kappa shape index (κ1) is 20.7. The highest BCUT2D eigenvalue weighted by atomic mass is 32.2. The molecular formula is C17H23F3N2O3S. The minimum atomic E-state index is -4.47. The Labute approximate surface area is 151 Å². The van der Waals surface area contributed by atoms with Crippen molar-refractivity contribution in [2.45, 2.75) is 57.0 Å². The van der Waals surface area contributed by atoms with Crippen LogP contribution in [0, 0.1) is 5.92 Å². The number of hydrogen-bond donors (Lipinski definition) is 2. The molecule has 0 radical (unpaired) electrons. The quantitative estimate of drug-likeness (QED) is 0.805. The number of rotatable bonds is 5. The summed E-state index contributed by atoms with van der Waals surface area (Å²) in [7, 11) is -3.36. The lowest BCUT2D eigenvalue weighted by atomic mass is 9.86. The SMILES string of the molecule is CC(C)S(=O)(=O)N[C@H]1CC[C@H](C(=O)Nc2cccc(C(F)(F)F)c2)CC1. The molecule has 0 saturated heterocycles. The van der Waals surface area contributed by atoms with Gasteiger partial charge in [-0.1, -0.05) is 6.07 Å². The molecule has 1 aliphatic rings. The number of hydrogen-bond acceptors (Lipinski definition) is 3. The van der Waals surface area contributed by atoms with Gasteiger partial charge in [0.15, 0.2) is 0 Å². The number of anilines is 1. The lowest BCUT2D eigenvalue weighted by Gasteiger charge is -2.28. The van der Waals surface area contributed by atoms with Crippen molar-refractivity contribution in [3.05, 3.63) is 29.8 Å². The molecule has 1 aliphatic carbocycles. The van der Waals surface area contributed by atoms with Gasteiger partial charge in [-0.3, -0.25) is 4.79 Å². The molecule has 0 aliphatic heterocycles. The van der Waals surface area contributed by atoms with Gasteiger partial charge in [0, 0.05) is 17.6 Å². The molecular weight excluding hydrogens is 369 g/mol. The van der Waals surface area contributed by atoms with E-state index in [9.17, 15) is 26.4 Å². The standard InChI is InChI=1S/C17H23F3N2O3S/c1-11(2)26(24,25)22-14-8-6-12(7-9-14)16(23)21-15-5-3-4-13(10-15)17(18,19)20/h3-5,10-12,14,22H,6-9H2,1-2H3,(H,21,23)/t12-,14-. The molecule has 1 aromatic rings. The molecule has 0 bridgehead atoms. The van der Waals surface area contributed by atoms with Gasteiger partial charge in [-0.25, -0.2) is 13.1 Å². The Morgan fingerprint density at radius 1 is 1.15 bits per heavy atom. The number of sulfonamides is 1. The van der Waals surface area contributed by atoms with Crippen LogP contribution in [0.4, 0.5) is 18.9 Å². The Kier molecular flexibility index (Phi) is 6.33. The second-order valence-corrected chi connectivity index (χ2v) is 9.10. The topological polar surface area (TPSA) is 75.3 Å². The highest BCUT2D eigenvalue weighted by Gasteiger charge is 2.32. The first-order valence-electron chi connectivity index (χ1n) is 8.48. The van der Waals surface area contributed by atoms with Crippen molar-refractivity contribution in [1.29, 1.82) is 0 Å². The summed E-state index contributed by atoms with van der Waals surface area (Å²) < 4.78 is 64.6. The van der Waals surface area contributed by atoms with Gasteiger partial charge in [-0.2, -0.15) is 13.2 Å². The zero-order valence-corrected chi connectivity index (χ0v) is 15.5. The van der Waals surface area contributed by atoms with E-state index in [2.05, 4.69) is 10.0 Å². The zero-order chi connectivity index (χ0) is 19.5. The second kappa shape index (κ2) is 7.96. The zero-order valence-electron chi connectivity index (χ0n) is 14.6. The normalized spacial score (nSPS) is 21.6. The van der Waals surface area contributed by atoms with Crippen LogP contribution in [0.1, 0.15) is 45.1 Å². The van der Waals surface area contributed by atoms with E-state index in [1.54, 1.807) is 13.8 Å². The number of halogens is 3. The van der Waals surface area contributed by atoms with Gasteiger partial charge in [-0.05, 0) is 57.7 Å². The first-order valence-corrected chi connectivity index (χ1v) is 10.0. The Bertz CT molecular complexity index is 740. The smallest absolute Gasteiger partial charge is 0.326 e. The Morgan fingerprint density at radius 2 is 1.77 bits per heavy atom. The summed E-state index contributed by atoms with van der Waals surface area (Å²) >= 11 is 0. The van der Waals surface area contributed by atoms with Crippen molar-refractivity contribution in [3.63, 3.8) is 0 Å². The maximum atomic E-state index is 12.7. The van der Waals surface area contributed by atoms with Crippen molar-refractivity contribution < 1.29 is 26.4 Å². The van der Waals surface area contributed by atoms with Crippen molar-refractivity contribution >= 4 is 21.6 Å². The van der Waals surface area contributed by atoms with Crippen LogP contribution in [0.15, 0.2) is 24.3 Å². The van der Waals surface area contributed by atoms with Crippen molar-refractivity contribution in [2.24, 2.45) is 5.92 Å². The average molecular weight is 392 g/mol. The van der Waals surface area contributed by atoms with Gasteiger partial charge < -0.3 is 5.32 Å². The Hall–Kier alpha value is -1.61. The molecule has 9 heteroatoms. The van der Waals surface area contributed by atoms with Gasteiger partial charge in [0.05, 0.1) is 10.8 Å². The highest BCUT2D eigenvalue weighted by molar-refractivity contribution is 7.90. The summed E-state index contributed by atoms with van der Waals surface area (Å²) in [6, 6.07) is 4.30. The largest absolute Gasteiger partial charge is 0.416 e. The molecule has 1 aromatic carbocycles. The third-order valence-electron chi connectivity index (χ3n) is 4.51. The summed E-state index contributed by atoms with van der Waals surface area (Å²) in [5.74, 6) is -0.682. The predicted octanol–water partition coefficient (Wildman–Crippen LogP) is 3.53. The van der Waals surface area contributed by atoms with E-state index in [4.69, 9.17) is 0 Å². The first-order chi connectivity index (χ1) is 12.0. The molecule has 1 fully saturated rings. The van der Waals surface area contributed by atoms with Gasteiger partial charge in [0.1, 0.15) is 0 Å². The number of amides is 1. The van der Waals surface area contributed by atoms with E-state index >= 15 is 0 Å². The van der Waals surface area contributed by atoms with E-state index < -0.39 is 27.0 Å². The number of alkyl halides is 3. The molecule has 0 aromatic heterocycles. The fraction of sp³-hybridized carbons (Fsp3) is 0.588. The summed E-state index contributed by atoms with van der Waals surface area (Å²) in [6.45, 7) is 3.19. The van der Waals surface area contributed by atoms with Gasteiger partial charge in [0.2, 0.25) is 15.9 Å². The van der Waals surface area contributed by atoms with Gasteiger partial charge >= 0.3 is 6.18 Å². The number of carbonyl (C=O) groups is 1. The summed E-state index contributed by atoms with van der Waals surface area (Å²) in [6.07, 6.45) is -2.46. The maximum absolute atomic E-state index is 12.7. The minimum absolute atomic E-state index is 0.104. The lowest BCUT2D eigenvalue weighted by molar-refractivity contribution is -0.137. The molecule has 0 atom stereocenters. The van der Waals surface area contributed by atoms with Crippen LogP contribution in [-0.2, 0) is 21.0 Å². The Morgan fingerprint density at radius 3 is 2.31 bits per heavy atom. The molecule has 1 amide bonds. The number of nitrogens with one attached hydrogen (secondary N) is 2. The number of carbonyl (C=O) groups excluding carboxylic acids is 1. The maximum Gasteiger partial charge on any atom is 0.416 e. The van der Waals surface area contributed by atoms with Gasteiger partial charge in [-0.15, -0.1) is 0 Å². The van der Waals surface area contributed by atoms with Gasteiger partial charge in [0.25, 0.3) is 0 Å². The highest BCUT2D eigenvalue weighted by Crippen LogP contribution is 2.31. The molecule has 2 N–H and O–H groups in total. The van der Waals surface area contributed by atoms with Crippen LogP contribution >= 0.6 is 0 Å². The summed E-state index contributed by atoms with van der Waals surface area (Å²) in [4.78, 5) is 12.3. The molecule has 0 spiro atoms. The summed E-state index contributed by atoms with van der Waals surface area (Å²) in [5.41, 5.74) is -0.713. The third-order valence-corrected chi connectivity index (χ3v) is 6.41. The molecule has 2 rings (SSSR count). The number of benzene rings is 1. The van der Waals surface area contributed by atoms with Crippen LogP contribution < -0.4 is 10.0 Å². The molecule has 5 nitrogen and oxygen atoms in total. The van der Waals surface area contributed by atoms with E-state index in [-0.39, 0.29) is 23.6 Å². The molecule has 146 valence electrons. The van der Waals surface area contributed by atoms with Crippen LogP contribution in [0.3, 0.4) is 0 Å². The van der Waals surface area contributed by atoms with Crippen LogP contribution in [0.2, 0.25) is 0 Å². The third kappa shape index (κ3) is 5.44. The second-order valence-electron chi connectivity index (χ2n) is 6.83. The van der Waals surface area contributed by atoms with Crippen molar-refractivity contribution in [3.8, 4) is 0 Å². The Balaban J connectivity index is 1.91. The van der Waals surface area contributed by atoms with E-state index in [1.165, 1.54) is 12.1 Å². The minimum Gasteiger partial charge on any atom is -0.326 e. The monoisotopic (exact) mass is 392 g/mol. The fourth-order valence-electron chi connectivity index (χ4n) is 2.86. The van der Waals surface area contributed by atoms with E-state index in [1.807, 2.05) is 0 Å². The fourth-order valence-corrected chi connectivity index (χ4v) is 3.83. The van der Waals surface area contributed by atoms with E-state index in [0.717, 1.165) is 12.1 Å².